The lowest BCUT2D eigenvalue weighted by molar-refractivity contribution is -0.126. The monoisotopic (exact) mass is 345 g/mol. The highest BCUT2D eigenvalue weighted by Gasteiger charge is 2.21. The Morgan fingerprint density at radius 3 is 2.71 bits per heavy atom. The maximum absolute atomic E-state index is 12.2. The zero-order valence-corrected chi connectivity index (χ0v) is 14.6. The molecule has 0 spiro atoms. The molecule has 0 saturated carbocycles. The van der Waals surface area contributed by atoms with Crippen LogP contribution in [0.5, 0.6) is 0 Å². The molecule has 0 saturated heterocycles. The topological polar surface area (TPSA) is 88.5 Å². The molecular formula is C17H23N5OS. The van der Waals surface area contributed by atoms with E-state index in [4.69, 9.17) is 11.6 Å². The van der Waals surface area contributed by atoms with E-state index in [2.05, 4.69) is 24.6 Å². The van der Waals surface area contributed by atoms with Gasteiger partial charge in [0.1, 0.15) is 5.82 Å². The van der Waals surface area contributed by atoms with Crippen molar-refractivity contribution in [1.82, 2.24) is 14.9 Å². The van der Waals surface area contributed by atoms with Crippen molar-refractivity contribution in [3.05, 3.63) is 64.6 Å². The number of aryl methyl sites for hydroxylation is 1. The summed E-state index contributed by atoms with van der Waals surface area (Å²) in [4.78, 5) is 18.0. The Kier molecular flexibility index (Phi) is 6.34. The Morgan fingerprint density at radius 2 is 2.21 bits per heavy atom. The quantitative estimate of drug-likeness (QED) is 0.631. The summed E-state index contributed by atoms with van der Waals surface area (Å²) in [6.45, 7) is 7.23. The van der Waals surface area contributed by atoms with Gasteiger partial charge in [-0.15, -0.1) is 11.3 Å². The third-order valence-electron chi connectivity index (χ3n) is 3.59. The second-order valence-corrected chi connectivity index (χ2v) is 6.30. The minimum absolute atomic E-state index is 0.0356. The average Bonchev–Trinajstić information content (AvgIpc) is 3.13. The number of nitrogens with zero attached hydrogens (tertiary/aromatic N) is 3. The Bertz CT molecular complexity index is 675. The number of hydrogen-bond acceptors (Lipinski definition) is 6. The van der Waals surface area contributed by atoms with Gasteiger partial charge in [-0.25, -0.2) is 10.8 Å². The number of aromatic nitrogens is 1. The number of hydrazine groups is 1. The zero-order chi connectivity index (χ0) is 17.5. The van der Waals surface area contributed by atoms with Crippen LogP contribution < -0.4 is 11.6 Å². The van der Waals surface area contributed by atoms with E-state index < -0.39 is 0 Å². The summed E-state index contributed by atoms with van der Waals surface area (Å²) < 4.78 is 0. The van der Waals surface area contributed by atoms with Gasteiger partial charge in [0.25, 0.3) is 5.91 Å². The summed E-state index contributed by atoms with van der Waals surface area (Å²) >= 11 is 1.71. The van der Waals surface area contributed by atoms with Crippen LogP contribution in [0, 0.1) is 0 Å². The second kappa shape index (κ2) is 8.47. The highest BCUT2D eigenvalue weighted by atomic mass is 32.1. The van der Waals surface area contributed by atoms with E-state index in [1.54, 1.807) is 28.4 Å². The minimum atomic E-state index is -0.0356. The number of nitrogens with two attached hydrogens (primary N) is 2. The predicted octanol–water partition coefficient (Wildman–Crippen LogP) is 1.91. The molecule has 7 heteroatoms. The van der Waals surface area contributed by atoms with E-state index in [-0.39, 0.29) is 5.91 Å². The molecule has 0 unspecified atom stereocenters. The van der Waals surface area contributed by atoms with Gasteiger partial charge in [0.2, 0.25) is 0 Å². The van der Waals surface area contributed by atoms with E-state index in [0.717, 1.165) is 19.4 Å². The molecule has 1 aromatic rings. The van der Waals surface area contributed by atoms with Crippen LogP contribution >= 0.6 is 11.3 Å². The van der Waals surface area contributed by atoms with E-state index >= 15 is 0 Å². The third kappa shape index (κ3) is 4.56. The largest absolute Gasteiger partial charge is 0.384 e. The van der Waals surface area contributed by atoms with Gasteiger partial charge >= 0.3 is 0 Å². The fraction of sp³-hybridized carbons (Fsp3) is 0.294. The van der Waals surface area contributed by atoms with Crippen LogP contribution in [0.25, 0.3) is 0 Å². The highest BCUT2D eigenvalue weighted by molar-refractivity contribution is 7.09. The Balaban J connectivity index is 0.000000249. The van der Waals surface area contributed by atoms with Gasteiger partial charge in [0.15, 0.2) is 0 Å². The van der Waals surface area contributed by atoms with Gasteiger partial charge in [-0.05, 0) is 25.0 Å². The first kappa shape index (κ1) is 18.0. The predicted molar refractivity (Wildman–Crippen MR) is 97.3 cm³/mol. The molecule has 2 aliphatic rings. The Hall–Kier alpha value is -2.38. The fourth-order valence-corrected chi connectivity index (χ4v) is 2.81. The van der Waals surface area contributed by atoms with Crippen LogP contribution in [-0.2, 0) is 11.2 Å². The third-order valence-corrected chi connectivity index (χ3v) is 4.52. The summed E-state index contributed by atoms with van der Waals surface area (Å²) in [5.41, 5.74) is 6.75. The van der Waals surface area contributed by atoms with Gasteiger partial charge in [-0.3, -0.25) is 9.80 Å². The second-order valence-electron chi connectivity index (χ2n) is 5.32. The lowest BCUT2D eigenvalue weighted by atomic mass is 10.1. The van der Waals surface area contributed by atoms with Crippen LogP contribution in [0.2, 0.25) is 0 Å². The number of amides is 1. The number of thiazole rings is 1. The van der Waals surface area contributed by atoms with Gasteiger partial charge in [-0.2, -0.15) is 0 Å². The molecule has 0 aliphatic carbocycles. The number of carbonyl (C=O) groups is 1. The van der Waals surface area contributed by atoms with Gasteiger partial charge in [0, 0.05) is 30.2 Å². The minimum Gasteiger partial charge on any atom is -0.384 e. The molecule has 0 aromatic carbocycles. The highest BCUT2D eigenvalue weighted by Crippen LogP contribution is 2.18. The molecule has 24 heavy (non-hydrogen) atoms. The molecule has 1 amide bonds. The molecule has 6 nitrogen and oxygen atoms in total. The lowest BCUT2D eigenvalue weighted by Gasteiger charge is -2.27. The van der Waals surface area contributed by atoms with Gasteiger partial charge in [-0.1, -0.05) is 25.7 Å². The van der Waals surface area contributed by atoms with E-state index in [0.29, 0.717) is 23.6 Å². The number of hydrogen-bond donors (Lipinski definition) is 2. The molecule has 0 radical (unpaired) electrons. The zero-order valence-electron chi connectivity index (χ0n) is 13.8. The normalized spacial score (nSPS) is 17.0. The van der Waals surface area contributed by atoms with Crippen LogP contribution in [-0.4, -0.2) is 33.9 Å². The molecule has 4 N–H and O–H groups in total. The first-order chi connectivity index (χ1) is 11.5. The van der Waals surface area contributed by atoms with Gasteiger partial charge in [0.05, 0.1) is 10.7 Å². The van der Waals surface area contributed by atoms with Crippen LogP contribution in [0.4, 0.5) is 0 Å². The van der Waals surface area contributed by atoms with Crippen molar-refractivity contribution < 1.29 is 4.79 Å². The van der Waals surface area contributed by atoms with Crippen LogP contribution in [0.3, 0.4) is 0 Å². The molecular weight excluding hydrogens is 322 g/mol. The summed E-state index contributed by atoms with van der Waals surface area (Å²) in [7, 11) is 0. The standard InChI is InChI=1S/C12H16N4O.C5H7NS/c1-9-7-10(8-11(13)16(9)14)12(17)15-5-3-2-4-6-15;1-2-5-6-3-4-7-5/h2-3,7-8H,1,4-6,13-14H2;3-4H,2H2,1H3. The fourth-order valence-electron chi connectivity index (χ4n) is 2.24. The summed E-state index contributed by atoms with van der Waals surface area (Å²) in [5.74, 6) is 5.91. The SMILES string of the molecule is C=C1C=C(C(=O)N2CC=CCC2)C=C(N)N1N.CCc1nccs1. The van der Waals surface area contributed by atoms with Crippen molar-refractivity contribution >= 4 is 17.2 Å². The van der Waals surface area contributed by atoms with Gasteiger partial charge < -0.3 is 10.6 Å². The van der Waals surface area contributed by atoms with Crippen molar-refractivity contribution in [2.45, 2.75) is 19.8 Å². The molecule has 2 aliphatic heterocycles. The summed E-state index contributed by atoms with van der Waals surface area (Å²) in [6.07, 6.45) is 11.1. The molecule has 128 valence electrons. The maximum atomic E-state index is 12.2. The lowest BCUT2D eigenvalue weighted by Crippen LogP contribution is -2.38. The first-order valence-electron chi connectivity index (χ1n) is 7.78. The Morgan fingerprint density at radius 1 is 1.42 bits per heavy atom. The van der Waals surface area contributed by atoms with Crippen molar-refractivity contribution in [3.8, 4) is 0 Å². The van der Waals surface area contributed by atoms with Crippen LogP contribution in [0.15, 0.2) is 59.6 Å². The van der Waals surface area contributed by atoms with E-state index in [9.17, 15) is 4.79 Å². The van der Waals surface area contributed by atoms with Crippen LogP contribution in [0.1, 0.15) is 18.4 Å². The number of carbonyl (C=O) groups excluding carboxylic acids is 1. The van der Waals surface area contributed by atoms with E-state index in [1.165, 1.54) is 10.0 Å². The summed E-state index contributed by atoms with van der Waals surface area (Å²) in [5, 5.41) is 4.48. The van der Waals surface area contributed by atoms with Crippen molar-refractivity contribution in [3.63, 3.8) is 0 Å². The molecule has 0 bridgehead atoms. The Labute approximate surface area is 146 Å². The molecule has 3 rings (SSSR count). The average molecular weight is 345 g/mol. The first-order valence-corrected chi connectivity index (χ1v) is 8.66. The molecule has 0 fully saturated rings. The molecule has 1 aromatic heterocycles. The maximum Gasteiger partial charge on any atom is 0.254 e. The number of rotatable bonds is 2. The summed E-state index contributed by atoms with van der Waals surface area (Å²) in [6, 6.07) is 0. The molecule has 0 atom stereocenters. The van der Waals surface area contributed by atoms with Crippen molar-refractivity contribution in [2.75, 3.05) is 13.1 Å². The van der Waals surface area contributed by atoms with Crippen molar-refractivity contribution in [2.24, 2.45) is 11.6 Å². The molecule has 3 heterocycles. The van der Waals surface area contributed by atoms with Crippen molar-refractivity contribution in [1.29, 1.82) is 0 Å². The van der Waals surface area contributed by atoms with E-state index in [1.807, 2.05) is 17.7 Å². The smallest absolute Gasteiger partial charge is 0.254 e. The number of allylic oxidation sites excluding steroid dienone is 1.